The van der Waals surface area contributed by atoms with Gasteiger partial charge in [-0.1, -0.05) is 0 Å². The third kappa shape index (κ3) is 2.29. The van der Waals surface area contributed by atoms with Gasteiger partial charge in [-0.05, 0) is 37.1 Å². The Morgan fingerprint density at radius 3 is 1.52 bits per heavy atom. The maximum absolute atomic E-state index is 4.62. The Bertz CT molecular complexity index is 658. The fourth-order valence-electron chi connectivity index (χ4n) is 2.57. The number of nitrogens with zero attached hydrogens (tertiary/aromatic N) is 6. The molecular formula is C15H16N6. The highest BCUT2D eigenvalue weighted by Crippen LogP contribution is 2.18. The van der Waals surface area contributed by atoms with Crippen molar-refractivity contribution in [1.29, 1.82) is 0 Å². The molecule has 4 rings (SSSR count). The Labute approximate surface area is 122 Å². The molecule has 0 radical (unpaired) electrons. The van der Waals surface area contributed by atoms with Gasteiger partial charge in [0.15, 0.2) is 0 Å². The van der Waals surface area contributed by atoms with Crippen LogP contribution in [0.15, 0.2) is 49.1 Å². The molecule has 0 spiro atoms. The summed E-state index contributed by atoms with van der Waals surface area (Å²) in [5.74, 6) is 2.07. The van der Waals surface area contributed by atoms with Crippen LogP contribution in [0.2, 0.25) is 0 Å². The lowest BCUT2D eigenvalue weighted by molar-refractivity contribution is 0.805. The van der Waals surface area contributed by atoms with Gasteiger partial charge in [-0.3, -0.25) is 9.13 Å². The lowest BCUT2D eigenvalue weighted by atomic mass is 10.4. The van der Waals surface area contributed by atoms with E-state index in [0.29, 0.717) is 11.9 Å². The van der Waals surface area contributed by atoms with Crippen molar-refractivity contribution >= 4 is 5.95 Å². The maximum atomic E-state index is 4.62. The summed E-state index contributed by atoms with van der Waals surface area (Å²) in [7, 11) is 0. The molecule has 106 valence electrons. The summed E-state index contributed by atoms with van der Waals surface area (Å²) in [5, 5.41) is 0. The maximum Gasteiger partial charge on any atom is 0.240 e. The first-order chi connectivity index (χ1) is 10.4. The zero-order valence-electron chi connectivity index (χ0n) is 11.6. The summed E-state index contributed by atoms with van der Waals surface area (Å²) in [5.41, 5.74) is 0. The van der Waals surface area contributed by atoms with Crippen LogP contribution in [0.5, 0.6) is 0 Å². The molecule has 6 heteroatoms. The molecule has 4 heterocycles. The third-order valence-corrected chi connectivity index (χ3v) is 3.66. The smallest absolute Gasteiger partial charge is 0.240 e. The van der Waals surface area contributed by atoms with Crippen molar-refractivity contribution in [2.45, 2.75) is 12.8 Å². The van der Waals surface area contributed by atoms with Crippen LogP contribution >= 0.6 is 0 Å². The van der Waals surface area contributed by atoms with Gasteiger partial charge in [0.2, 0.25) is 17.8 Å². The summed E-state index contributed by atoms with van der Waals surface area (Å²) in [6.07, 6.45) is 10.2. The molecular weight excluding hydrogens is 264 g/mol. The monoisotopic (exact) mass is 280 g/mol. The van der Waals surface area contributed by atoms with Gasteiger partial charge in [0.05, 0.1) is 0 Å². The van der Waals surface area contributed by atoms with E-state index in [1.165, 1.54) is 12.8 Å². The van der Waals surface area contributed by atoms with E-state index in [-0.39, 0.29) is 0 Å². The molecule has 1 fully saturated rings. The minimum Gasteiger partial charge on any atom is -0.341 e. The highest BCUT2D eigenvalue weighted by atomic mass is 15.3. The number of aromatic nitrogens is 5. The van der Waals surface area contributed by atoms with Crippen molar-refractivity contribution in [2.24, 2.45) is 0 Å². The van der Waals surface area contributed by atoms with Gasteiger partial charge >= 0.3 is 0 Å². The third-order valence-electron chi connectivity index (χ3n) is 3.66. The number of hydrogen-bond donors (Lipinski definition) is 0. The molecule has 0 unspecified atom stereocenters. The molecule has 3 aromatic heterocycles. The molecule has 3 aromatic rings. The van der Waals surface area contributed by atoms with Crippen LogP contribution in [0, 0.1) is 0 Å². The van der Waals surface area contributed by atoms with Gasteiger partial charge < -0.3 is 4.90 Å². The van der Waals surface area contributed by atoms with E-state index >= 15 is 0 Å². The topological polar surface area (TPSA) is 51.8 Å². The van der Waals surface area contributed by atoms with Gasteiger partial charge in [-0.15, -0.1) is 0 Å². The summed E-state index contributed by atoms with van der Waals surface area (Å²) >= 11 is 0. The molecule has 0 amide bonds. The summed E-state index contributed by atoms with van der Waals surface area (Å²) in [6.45, 7) is 2.03. The first-order valence-electron chi connectivity index (χ1n) is 7.18. The van der Waals surface area contributed by atoms with Crippen LogP contribution in [0.1, 0.15) is 12.8 Å². The molecule has 0 N–H and O–H groups in total. The van der Waals surface area contributed by atoms with Gasteiger partial charge in [0, 0.05) is 37.9 Å². The fourth-order valence-corrected chi connectivity index (χ4v) is 2.57. The normalized spacial score (nSPS) is 14.8. The fraction of sp³-hybridized carbons (Fsp3) is 0.267. The summed E-state index contributed by atoms with van der Waals surface area (Å²) in [6, 6.07) is 7.87. The van der Waals surface area contributed by atoms with Crippen molar-refractivity contribution in [1.82, 2.24) is 24.1 Å². The second-order valence-electron chi connectivity index (χ2n) is 5.11. The molecule has 1 saturated heterocycles. The number of hydrogen-bond acceptors (Lipinski definition) is 4. The zero-order chi connectivity index (χ0) is 14.1. The Morgan fingerprint density at radius 1 is 0.619 bits per heavy atom. The molecule has 1 aliphatic rings. The Kier molecular flexibility index (Phi) is 2.92. The van der Waals surface area contributed by atoms with Crippen LogP contribution in [0.3, 0.4) is 0 Å². The van der Waals surface area contributed by atoms with E-state index in [0.717, 1.165) is 19.0 Å². The first kappa shape index (κ1) is 12.1. The summed E-state index contributed by atoms with van der Waals surface area (Å²) in [4.78, 5) is 16.0. The van der Waals surface area contributed by atoms with Crippen LogP contribution in [-0.2, 0) is 0 Å². The van der Waals surface area contributed by atoms with Gasteiger partial charge in [0.1, 0.15) is 0 Å². The Hall–Kier alpha value is -2.63. The van der Waals surface area contributed by atoms with E-state index in [4.69, 9.17) is 0 Å². The molecule has 6 nitrogen and oxygen atoms in total. The van der Waals surface area contributed by atoms with E-state index in [9.17, 15) is 0 Å². The van der Waals surface area contributed by atoms with Crippen LogP contribution in [0.25, 0.3) is 11.9 Å². The number of anilines is 1. The lowest BCUT2D eigenvalue weighted by Gasteiger charge is -2.16. The highest BCUT2D eigenvalue weighted by molar-refractivity contribution is 5.37. The van der Waals surface area contributed by atoms with Crippen molar-refractivity contribution in [2.75, 3.05) is 18.0 Å². The largest absolute Gasteiger partial charge is 0.341 e. The van der Waals surface area contributed by atoms with Crippen molar-refractivity contribution in [3.63, 3.8) is 0 Å². The van der Waals surface area contributed by atoms with E-state index < -0.39 is 0 Å². The van der Waals surface area contributed by atoms with E-state index in [2.05, 4.69) is 19.9 Å². The molecule has 21 heavy (non-hydrogen) atoms. The molecule has 0 aromatic carbocycles. The number of rotatable bonds is 3. The zero-order valence-corrected chi connectivity index (χ0v) is 11.6. The van der Waals surface area contributed by atoms with Crippen molar-refractivity contribution in [3.8, 4) is 11.9 Å². The first-order valence-corrected chi connectivity index (χ1v) is 7.18. The van der Waals surface area contributed by atoms with Crippen LogP contribution in [0.4, 0.5) is 5.95 Å². The second-order valence-corrected chi connectivity index (χ2v) is 5.11. The van der Waals surface area contributed by atoms with Crippen LogP contribution < -0.4 is 4.90 Å². The van der Waals surface area contributed by atoms with Gasteiger partial charge in [-0.2, -0.15) is 15.0 Å². The quantitative estimate of drug-likeness (QED) is 0.737. The molecule has 0 bridgehead atoms. The van der Waals surface area contributed by atoms with Crippen LogP contribution in [-0.4, -0.2) is 37.2 Å². The van der Waals surface area contributed by atoms with E-state index in [1.54, 1.807) is 0 Å². The SMILES string of the molecule is c1ccn(-c2nc(N3CCCC3)nc(-n3cccc3)n2)c1. The average molecular weight is 280 g/mol. The highest BCUT2D eigenvalue weighted by Gasteiger charge is 2.18. The molecule has 0 aliphatic carbocycles. The summed E-state index contributed by atoms with van der Waals surface area (Å²) < 4.78 is 3.82. The van der Waals surface area contributed by atoms with Crippen molar-refractivity contribution < 1.29 is 0 Å². The average Bonchev–Trinajstić information content (AvgIpc) is 3.29. The minimum absolute atomic E-state index is 0.653. The Balaban J connectivity index is 1.83. The predicted octanol–water partition coefficient (Wildman–Crippen LogP) is 2.05. The molecule has 1 aliphatic heterocycles. The minimum atomic E-state index is 0.653. The second kappa shape index (κ2) is 5.05. The predicted molar refractivity (Wildman–Crippen MR) is 79.9 cm³/mol. The Morgan fingerprint density at radius 2 is 1.05 bits per heavy atom. The lowest BCUT2D eigenvalue weighted by Crippen LogP contribution is -2.22. The molecule has 0 atom stereocenters. The van der Waals surface area contributed by atoms with E-state index in [1.807, 2.05) is 58.2 Å². The van der Waals surface area contributed by atoms with Crippen molar-refractivity contribution in [3.05, 3.63) is 49.1 Å². The molecule has 0 saturated carbocycles. The van der Waals surface area contributed by atoms with Gasteiger partial charge in [0.25, 0.3) is 0 Å². The standard InChI is InChI=1S/C15H16N6/c1-2-8-19(7-1)13-16-14(20-9-3-4-10-20)18-15(17-13)21-11-5-6-12-21/h1-4,7-10H,5-6,11-12H2. The van der Waals surface area contributed by atoms with Gasteiger partial charge in [-0.25, -0.2) is 0 Å².